The largest absolute Gasteiger partial charge is 0.330 e. The molecule has 0 spiro atoms. The number of thiazole rings is 1. The monoisotopic (exact) mass is 258 g/mol. The van der Waals surface area contributed by atoms with E-state index in [2.05, 4.69) is 17.3 Å². The van der Waals surface area contributed by atoms with E-state index in [4.69, 9.17) is 17.3 Å². The highest BCUT2D eigenvalue weighted by molar-refractivity contribution is 7.23. The van der Waals surface area contributed by atoms with Gasteiger partial charge in [-0.2, -0.15) is 0 Å². The van der Waals surface area contributed by atoms with Crippen molar-refractivity contribution in [1.29, 1.82) is 0 Å². The summed E-state index contributed by atoms with van der Waals surface area (Å²) in [6, 6.07) is 3.90. The van der Waals surface area contributed by atoms with Crippen LogP contribution in [0, 0.1) is 0 Å². The topological polar surface area (TPSA) is 38.9 Å². The molecular weight excluding hydrogens is 248 g/mol. The number of thiophene rings is 1. The third-order valence-electron chi connectivity index (χ3n) is 2.16. The van der Waals surface area contributed by atoms with Gasteiger partial charge in [-0.25, -0.2) is 4.98 Å². The lowest BCUT2D eigenvalue weighted by molar-refractivity contribution is 0.752. The van der Waals surface area contributed by atoms with Gasteiger partial charge in [-0.1, -0.05) is 18.5 Å². The molecular formula is C10H11ClN2S2. The first kappa shape index (κ1) is 11.1. The zero-order valence-electron chi connectivity index (χ0n) is 8.24. The van der Waals surface area contributed by atoms with Crippen molar-refractivity contribution in [2.75, 3.05) is 6.54 Å². The maximum absolute atomic E-state index is 5.88. The fourth-order valence-corrected chi connectivity index (χ4v) is 3.23. The molecule has 0 aromatic carbocycles. The SMILES string of the molecule is CC(CN)c1csc(-c2ccc(Cl)s2)n1. The van der Waals surface area contributed by atoms with Crippen molar-refractivity contribution >= 4 is 34.3 Å². The highest BCUT2D eigenvalue weighted by atomic mass is 35.5. The Hall–Kier alpha value is -0.420. The summed E-state index contributed by atoms with van der Waals surface area (Å²) < 4.78 is 0.800. The first-order chi connectivity index (χ1) is 7.20. The average Bonchev–Trinajstić information content (AvgIpc) is 2.84. The van der Waals surface area contributed by atoms with Gasteiger partial charge in [-0.05, 0) is 12.1 Å². The van der Waals surface area contributed by atoms with E-state index in [-0.39, 0.29) is 0 Å². The fraction of sp³-hybridized carbons (Fsp3) is 0.300. The normalized spacial score (nSPS) is 13.0. The van der Waals surface area contributed by atoms with Gasteiger partial charge in [0.1, 0.15) is 5.01 Å². The van der Waals surface area contributed by atoms with Crippen LogP contribution in [0.15, 0.2) is 17.5 Å². The maximum Gasteiger partial charge on any atom is 0.133 e. The minimum Gasteiger partial charge on any atom is -0.330 e. The van der Waals surface area contributed by atoms with Gasteiger partial charge in [0.25, 0.3) is 0 Å². The summed E-state index contributed by atoms with van der Waals surface area (Å²) in [7, 11) is 0. The molecule has 2 heterocycles. The number of aromatic nitrogens is 1. The molecule has 0 aliphatic rings. The van der Waals surface area contributed by atoms with Gasteiger partial charge >= 0.3 is 0 Å². The van der Waals surface area contributed by atoms with E-state index in [0.717, 1.165) is 19.9 Å². The molecule has 0 amide bonds. The molecule has 0 radical (unpaired) electrons. The van der Waals surface area contributed by atoms with Crippen molar-refractivity contribution in [2.24, 2.45) is 5.73 Å². The van der Waals surface area contributed by atoms with E-state index in [1.807, 2.05) is 12.1 Å². The number of rotatable bonds is 3. The summed E-state index contributed by atoms with van der Waals surface area (Å²) in [4.78, 5) is 5.68. The lowest BCUT2D eigenvalue weighted by Gasteiger charge is -2.02. The van der Waals surface area contributed by atoms with E-state index < -0.39 is 0 Å². The highest BCUT2D eigenvalue weighted by Gasteiger charge is 2.10. The van der Waals surface area contributed by atoms with Crippen molar-refractivity contribution < 1.29 is 0 Å². The summed E-state index contributed by atoms with van der Waals surface area (Å²) in [5, 5.41) is 3.10. The number of hydrogen-bond donors (Lipinski definition) is 1. The Balaban J connectivity index is 2.27. The summed E-state index contributed by atoms with van der Waals surface area (Å²) in [5.41, 5.74) is 6.67. The van der Waals surface area contributed by atoms with Crippen LogP contribution in [0.2, 0.25) is 4.34 Å². The van der Waals surface area contributed by atoms with Gasteiger partial charge in [-0.15, -0.1) is 22.7 Å². The summed E-state index contributed by atoms with van der Waals surface area (Å²) in [5.74, 6) is 0.324. The van der Waals surface area contributed by atoms with Crippen molar-refractivity contribution in [2.45, 2.75) is 12.8 Å². The molecule has 5 heteroatoms. The Morgan fingerprint density at radius 2 is 2.33 bits per heavy atom. The Morgan fingerprint density at radius 1 is 1.53 bits per heavy atom. The van der Waals surface area contributed by atoms with E-state index in [1.165, 1.54) is 0 Å². The predicted octanol–water partition coefficient (Wildman–Crippen LogP) is 3.59. The zero-order valence-corrected chi connectivity index (χ0v) is 10.6. The first-order valence-corrected chi connectivity index (χ1v) is 6.69. The second kappa shape index (κ2) is 4.61. The highest BCUT2D eigenvalue weighted by Crippen LogP contribution is 2.33. The van der Waals surface area contributed by atoms with Crippen LogP contribution in [0.25, 0.3) is 9.88 Å². The molecule has 0 fully saturated rings. The molecule has 2 aromatic heterocycles. The second-order valence-corrected chi connectivity index (χ2v) is 5.89. The third kappa shape index (κ3) is 2.39. The van der Waals surface area contributed by atoms with Gasteiger partial charge in [0.15, 0.2) is 0 Å². The lowest BCUT2D eigenvalue weighted by Crippen LogP contribution is -2.08. The second-order valence-electron chi connectivity index (χ2n) is 3.32. The smallest absolute Gasteiger partial charge is 0.133 e. The Morgan fingerprint density at radius 3 is 2.93 bits per heavy atom. The molecule has 0 saturated heterocycles. The van der Waals surface area contributed by atoms with E-state index in [0.29, 0.717) is 12.5 Å². The van der Waals surface area contributed by atoms with Crippen LogP contribution in [0.4, 0.5) is 0 Å². The third-order valence-corrected chi connectivity index (χ3v) is 4.43. The maximum atomic E-state index is 5.88. The van der Waals surface area contributed by atoms with Crippen molar-refractivity contribution in [3.8, 4) is 9.88 Å². The molecule has 15 heavy (non-hydrogen) atoms. The zero-order chi connectivity index (χ0) is 10.8. The van der Waals surface area contributed by atoms with Gasteiger partial charge in [-0.3, -0.25) is 0 Å². The number of hydrogen-bond acceptors (Lipinski definition) is 4. The molecule has 0 aliphatic carbocycles. The van der Waals surface area contributed by atoms with Crippen molar-refractivity contribution in [3.63, 3.8) is 0 Å². The molecule has 1 unspecified atom stereocenters. The predicted molar refractivity (Wildman–Crippen MR) is 67.9 cm³/mol. The van der Waals surface area contributed by atoms with E-state index in [1.54, 1.807) is 22.7 Å². The lowest BCUT2D eigenvalue weighted by atomic mass is 10.1. The van der Waals surface area contributed by atoms with Gasteiger partial charge < -0.3 is 5.73 Å². The van der Waals surface area contributed by atoms with E-state index in [9.17, 15) is 0 Å². The van der Waals surface area contributed by atoms with Crippen LogP contribution in [0.5, 0.6) is 0 Å². The van der Waals surface area contributed by atoms with Crippen molar-refractivity contribution in [3.05, 3.63) is 27.5 Å². The Bertz CT molecular complexity index is 450. The molecule has 2 nitrogen and oxygen atoms in total. The Labute approximate surface area is 102 Å². The molecule has 2 rings (SSSR count). The van der Waals surface area contributed by atoms with E-state index >= 15 is 0 Å². The summed E-state index contributed by atoms with van der Waals surface area (Å²) >= 11 is 9.08. The van der Waals surface area contributed by atoms with Gasteiger partial charge in [0, 0.05) is 17.8 Å². The van der Waals surface area contributed by atoms with Crippen LogP contribution in [-0.2, 0) is 0 Å². The van der Waals surface area contributed by atoms with Gasteiger partial charge in [0.2, 0.25) is 0 Å². The Kier molecular flexibility index (Phi) is 3.41. The number of halogens is 1. The van der Waals surface area contributed by atoms with Crippen LogP contribution in [0.1, 0.15) is 18.5 Å². The van der Waals surface area contributed by atoms with Crippen LogP contribution >= 0.6 is 34.3 Å². The summed E-state index contributed by atoms with van der Waals surface area (Å²) in [6.45, 7) is 2.72. The van der Waals surface area contributed by atoms with Crippen molar-refractivity contribution in [1.82, 2.24) is 4.98 Å². The van der Waals surface area contributed by atoms with Crippen LogP contribution in [-0.4, -0.2) is 11.5 Å². The average molecular weight is 259 g/mol. The molecule has 80 valence electrons. The van der Waals surface area contributed by atoms with Crippen LogP contribution in [0.3, 0.4) is 0 Å². The quantitative estimate of drug-likeness (QED) is 0.914. The molecule has 0 aliphatic heterocycles. The number of nitrogens with two attached hydrogens (primary N) is 1. The molecule has 2 N–H and O–H groups in total. The first-order valence-electron chi connectivity index (χ1n) is 4.62. The fourth-order valence-electron chi connectivity index (χ4n) is 1.18. The summed E-state index contributed by atoms with van der Waals surface area (Å²) in [6.07, 6.45) is 0. The van der Waals surface area contributed by atoms with Crippen LogP contribution < -0.4 is 5.73 Å². The minimum absolute atomic E-state index is 0.324. The minimum atomic E-state index is 0.324. The molecule has 0 saturated carbocycles. The molecule has 1 atom stereocenters. The molecule has 2 aromatic rings. The molecule has 0 bridgehead atoms. The number of nitrogens with zero attached hydrogens (tertiary/aromatic N) is 1. The standard InChI is InChI=1S/C10H11ClN2S2/c1-6(4-12)7-5-14-10(13-7)8-2-3-9(11)15-8/h2-3,5-6H,4,12H2,1H3. The van der Waals surface area contributed by atoms with Gasteiger partial charge in [0.05, 0.1) is 14.9 Å².